The second-order valence-corrected chi connectivity index (χ2v) is 6.99. The molecule has 1 aromatic carbocycles. The first-order chi connectivity index (χ1) is 10.8. The van der Waals surface area contributed by atoms with Crippen molar-refractivity contribution < 1.29 is 9.59 Å². The lowest BCUT2D eigenvalue weighted by atomic mass is 9.83. The van der Waals surface area contributed by atoms with Crippen LogP contribution < -0.4 is 5.32 Å². The molecule has 23 heavy (non-hydrogen) atoms. The number of ketones is 1. The smallest absolute Gasteiger partial charge is 0.224 e. The van der Waals surface area contributed by atoms with E-state index < -0.39 is 6.04 Å². The van der Waals surface area contributed by atoms with E-state index >= 15 is 0 Å². The number of rotatable bonds is 5. The maximum Gasteiger partial charge on any atom is 0.224 e. The van der Waals surface area contributed by atoms with Gasteiger partial charge in [0.2, 0.25) is 5.91 Å². The molecule has 0 aliphatic heterocycles. The van der Waals surface area contributed by atoms with E-state index in [0.29, 0.717) is 12.3 Å². The summed E-state index contributed by atoms with van der Waals surface area (Å²) in [5.41, 5.74) is 0.964. The Bertz CT molecular complexity index is 516. The monoisotopic (exact) mass is 317 g/mol. The zero-order valence-corrected chi connectivity index (χ0v) is 15.3. The van der Waals surface area contributed by atoms with E-state index in [0.717, 1.165) is 6.42 Å². The number of carbonyl (C=O) groups is 2. The molecule has 0 aromatic heterocycles. The lowest BCUT2D eigenvalue weighted by Crippen LogP contribution is -2.49. The predicted molar refractivity (Wildman–Crippen MR) is 95.3 cm³/mol. The summed E-state index contributed by atoms with van der Waals surface area (Å²) in [6.45, 7) is 11.8. The van der Waals surface area contributed by atoms with Gasteiger partial charge in [0.15, 0.2) is 5.78 Å². The van der Waals surface area contributed by atoms with Crippen molar-refractivity contribution in [3.8, 4) is 0 Å². The van der Waals surface area contributed by atoms with Crippen LogP contribution in [0.2, 0.25) is 0 Å². The van der Waals surface area contributed by atoms with Crippen LogP contribution in [0.5, 0.6) is 0 Å². The summed E-state index contributed by atoms with van der Waals surface area (Å²) < 4.78 is 0. The normalized spacial score (nSPS) is 20.8. The van der Waals surface area contributed by atoms with Crippen molar-refractivity contribution in [1.29, 1.82) is 0 Å². The third-order valence-electron chi connectivity index (χ3n) is 4.18. The first kappa shape index (κ1) is 19.4. The maximum absolute atomic E-state index is 12.4. The molecule has 1 amide bonds. The summed E-state index contributed by atoms with van der Waals surface area (Å²) in [6.07, 6.45) is 1.34. The molecule has 0 heterocycles. The summed E-state index contributed by atoms with van der Waals surface area (Å²) >= 11 is 0. The van der Waals surface area contributed by atoms with Crippen molar-refractivity contribution in [2.75, 3.05) is 0 Å². The summed E-state index contributed by atoms with van der Waals surface area (Å²) in [5.74, 6) is 0.448. The number of amides is 1. The first-order valence-electron chi connectivity index (χ1n) is 8.72. The fourth-order valence-electron chi connectivity index (χ4n) is 2.79. The molecule has 1 fully saturated rings. The maximum atomic E-state index is 12.4. The van der Waals surface area contributed by atoms with Gasteiger partial charge in [-0.3, -0.25) is 9.59 Å². The largest absolute Gasteiger partial charge is 0.346 e. The molecule has 3 heteroatoms. The number of nitrogens with one attached hydrogen (secondary N) is 1. The van der Waals surface area contributed by atoms with Gasteiger partial charge in [0.1, 0.15) is 0 Å². The van der Waals surface area contributed by atoms with Crippen molar-refractivity contribution in [2.45, 2.75) is 66.3 Å². The van der Waals surface area contributed by atoms with Gasteiger partial charge >= 0.3 is 0 Å². The molecule has 2 rings (SSSR count). The Hall–Kier alpha value is -1.64. The minimum atomic E-state index is -0.396. The molecule has 1 aromatic rings. The molecular formula is C20H31NO2. The van der Waals surface area contributed by atoms with Crippen molar-refractivity contribution in [1.82, 2.24) is 5.32 Å². The Kier molecular flexibility index (Phi) is 6.99. The van der Waals surface area contributed by atoms with Gasteiger partial charge in [-0.25, -0.2) is 0 Å². The molecule has 0 saturated heterocycles. The van der Waals surface area contributed by atoms with Crippen LogP contribution in [0.1, 0.15) is 65.9 Å². The van der Waals surface area contributed by atoms with E-state index in [4.69, 9.17) is 0 Å². The van der Waals surface area contributed by atoms with Crippen molar-refractivity contribution in [3.05, 3.63) is 35.9 Å². The Balaban J connectivity index is 0.00000127. The Morgan fingerprint density at radius 1 is 1.17 bits per heavy atom. The second kappa shape index (κ2) is 8.28. The van der Waals surface area contributed by atoms with Gasteiger partial charge in [0, 0.05) is 12.3 Å². The molecule has 0 spiro atoms. The number of Topliss-reactive ketones (excluding diaryl/α,β-unsaturated/α-hetero) is 1. The number of hydrogen-bond donors (Lipinski definition) is 1. The van der Waals surface area contributed by atoms with E-state index in [1.165, 1.54) is 5.56 Å². The Labute approximate surface area is 140 Å². The standard InChI is InChI=1S/C18H25NO2.C2H6/c1-5-15(20)16(18(2,3)4)19-17(21)14-11-13(14)12-9-7-6-8-10-12;1-2/h6-10,13-14,16H,5,11H2,1-4H3,(H,19,21);1-2H3/t13?,14-,16?;/m0./s1. The van der Waals surface area contributed by atoms with Gasteiger partial charge < -0.3 is 5.32 Å². The van der Waals surface area contributed by atoms with Crippen LogP contribution in [0.25, 0.3) is 0 Å². The molecule has 1 aliphatic carbocycles. The zero-order valence-electron chi connectivity index (χ0n) is 15.3. The van der Waals surface area contributed by atoms with Crippen LogP contribution in [-0.2, 0) is 9.59 Å². The minimum absolute atomic E-state index is 0.0157. The van der Waals surface area contributed by atoms with E-state index in [9.17, 15) is 9.59 Å². The van der Waals surface area contributed by atoms with Gasteiger partial charge in [-0.05, 0) is 23.3 Å². The number of carbonyl (C=O) groups excluding carboxylic acids is 2. The third-order valence-corrected chi connectivity index (χ3v) is 4.18. The molecule has 0 bridgehead atoms. The summed E-state index contributed by atoms with van der Waals surface area (Å²) in [7, 11) is 0. The molecule has 1 N–H and O–H groups in total. The highest BCUT2D eigenvalue weighted by molar-refractivity contribution is 5.91. The third kappa shape index (κ3) is 5.19. The second-order valence-electron chi connectivity index (χ2n) is 6.99. The SMILES string of the molecule is CC.CCC(=O)C(NC(=O)[C@H]1CC1c1ccccc1)C(C)(C)C. The molecule has 2 unspecified atom stereocenters. The molecule has 128 valence electrons. The van der Waals surface area contributed by atoms with Gasteiger partial charge in [-0.1, -0.05) is 71.9 Å². The zero-order chi connectivity index (χ0) is 17.6. The van der Waals surface area contributed by atoms with Gasteiger partial charge in [-0.15, -0.1) is 0 Å². The van der Waals surface area contributed by atoms with Crippen LogP contribution in [0, 0.1) is 11.3 Å². The molecule has 3 nitrogen and oxygen atoms in total. The van der Waals surface area contributed by atoms with Crippen LogP contribution in [0.15, 0.2) is 30.3 Å². The fraction of sp³-hybridized carbons (Fsp3) is 0.600. The fourth-order valence-corrected chi connectivity index (χ4v) is 2.79. The number of benzene rings is 1. The van der Waals surface area contributed by atoms with Crippen molar-refractivity contribution in [2.24, 2.45) is 11.3 Å². The first-order valence-corrected chi connectivity index (χ1v) is 8.72. The minimum Gasteiger partial charge on any atom is -0.346 e. The topological polar surface area (TPSA) is 46.2 Å². The van der Waals surface area contributed by atoms with Crippen LogP contribution in [0.4, 0.5) is 0 Å². The van der Waals surface area contributed by atoms with Crippen molar-refractivity contribution >= 4 is 11.7 Å². The van der Waals surface area contributed by atoms with Crippen LogP contribution in [0.3, 0.4) is 0 Å². The molecular weight excluding hydrogens is 286 g/mol. The number of hydrogen-bond acceptors (Lipinski definition) is 2. The van der Waals surface area contributed by atoms with Crippen molar-refractivity contribution in [3.63, 3.8) is 0 Å². The van der Waals surface area contributed by atoms with E-state index in [2.05, 4.69) is 17.4 Å². The van der Waals surface area contributed by atoms with E-state index in [-0.39, 0.29) is 23.0 Å². The average Bonchev–Trinajstić information content (AvgIpc) is 3.34. The van der Waals surface area contributed by atoms with Crippen LogP contribution >= 0.6 is 0 Å². The highest BCUT2D eigenvalue weighted by Crippen LogP contribution is 2.47. The highest BCUT2D eigenvalue weighted by Gasteiger charge is 2.45. The van der Waals surface area contributed by atoms with Gasteiger partial charge in [0.25, 0.3) is 0 Å². The molecule has 1 saturated carbocycles. The summed E-state index contributed by atoms with van der Waals surface area (Å²) in [6, 6.07) is 9.72. The Morgan fingerprint density at radius 2 is 1.74 bits per heavy atom. The summed E-state index contributed by atoms with van der Waals surface area (Å²) in [4.78, 5) is 24.5. The van der Waals surface area contributed by atoms with E-state index in [1.807, 2.05) is 59.7 Å². The lowest BCUT2D eigenvalue weighted by molar-refractivity contribution is -0.130. The molecule has 3 atom stereocenters. The van der Waals surface area contributed by atoms with Gasteiger partial charge in [-0.2, -0.15) is 0 Å². The predicted octanol–water partition coefficient (Wildman–Crippen LogP) is 4.33. The quantitative estimate of drug-likeness (QED) is 0.878. The van der Waals surface area contributed by atoms with Gasteiger partial charge in [0.05, 0.1) is 6.04 Å². The highest BCUT2D eigenvalue weighted by atomic mass is 16.2. The average molecular weight is 317 g/mol. The molecule has 0 radical (unpaired) electrons. The van der Waals surface area contributed by atoms with Crippen LogP contribution in [-0.4, -0.2) is 17.7 Å². The Morgan fingerprint density at radius 3 is 2.22 bits per heavy atom. The van der Waals surface area contributed by atoms with E-state index in [1.54, 1.807) is 0 Å². The summed E-state index contributed by atoms with van der Waals surface area (Å²) in [5, 5.41) is 2.98. The molecule has 1 aliphatic rings. The lowest BCUT2D eigenvalue weighted by Gasteiger charge is -2.30.